The molecule has 1 aromatic carbocycles. The molecule has 1 aliphatic carbocycles. The molecule has 3 unspecified atom stereocenters. The van der Waals surface area contributed by atoms with E-state index in [1.165, 1.54) is 12.1 Å². The Morgan fingerprint density at radius 2 is 2.09 bits per heavy atom. The standard InChI is InChI=1S/C16H23FN2O2.ClH/c1-21-15(11-5-7-13(17)8-6-11)10-19-16(20)12-3-2-4-14(18)9-12;/h5-8,12,14-15H,2-4,9-10,18H2,1H3,(H,19,20);1H. The second-order valence-electron chi connectivity index (χ2n) is 5.64. The highest BCUT2D eigenvalue weighted by Crippen LogP contribution is 2.23. The van der Waals surface area contributed by atoms with Crippen LogP contribution in [0.2, 0.25) is 0 Å². The minimum absolute atomic E-state index is 0. The van der Waals surface area contributed by atoms with Crippen molar-refractivity contribution in [3.63, 3.8) is 0 Å². The molecular weight excluding hydrogens is 307 g/mol. The van der Waals surface area contributed by atoms with Crippen LogP contribution in [0, 0.1) is 11.7 Å². The molecule has 1 fully saturated rings. The largest absolute Gasteiger partial charge is 0.375 e. The second-order valence-corrected chi connectivity index (χ2v) is 5.64. The first-order chi connectivity index (χ1) is 10.1. The molecule has 1 aliphatic rings. The normalized spacial score (nSPS) is 22.5. The van der Waals surface area contributed by atoms with Crippen LogP contribution in [-0.4, -0.2) is 25.6 Å². The van der Waals surface area contributed by atoms with Gasteiger partial charge in [-0.25, -0.2) is 4.39 Å². The van der Waals surface area contributed by atoms with Crippen LogP contribution in [-0.2, 0) is 9.53 Å². The number of carbonyl (C=O) groups is 1. The zero-order valence-electron chi connectivity index (χ0n) is 12.8. The number of benzene rings is 1. The molecule has 1 saturated carbocycles. The van der Waals surface area contributed by atoms with E-state index in [1.54, 1.807) is 19.2 Å². The second kappa shape index (κ2) is 9.08. The minimum Gasteiger partial charge on any atom is -0.375 e. The van der Waals surface area contributed by atoms with Crippen LogP contribution in [0.5, 0.6) is 0 Å². The molecule has 22 heavy (non-hydrogen) atoms. The molecule has 2 rings (SSSR count). The van der Waals surface area contributed by atoms with Gasteiger partial charge in [0.2, 0.25) is 5.91 Å². The van der Waals surface area contributed by atoms with E-state index >= 15 is 0 Å². The Bertz CT molecular complexity index is 470. The molecule has 0 heterocycles. The number of hydrogen-bond acceptors (Lipinski definition) is 3. The van der Waals surface area contributed by atoms with Gasteiger partial charge in [-0.2, -0.15) is 0 Å². The third-order valence-corrected chi connectivity index (χ3v) is 4.07. The summed E-state index contributed by atoms with van der Waals surface area (Å²) in [6.45, 7) is 0.382. The molecule has 3 N–H and O–H groups in total. The van der Waals surface area contributed by atoms with E-state index in [-0.39, 0.29) is 42.2 Å². The lowest BCUT2D eigenvalue weighted by atomic mass is 9.85. The van der Waals surface area contributed by atoms with Crippen molar-refractivity contribution in [3.8, 4) is 0 Å². The average Bonchev–Trinajstić information content (AvgIpc) is 2.49. The number of amides is 1. The van der Waals surface area contributed by atoms with Crippen molar-refractivity contribution in [2.24, 2.45) is 11.7 Å². The van der Waals surface area contributed by atoms with Gasteiger partial charge in [-0.05, 0) is 37.0 Å². The van der Waals surface area contributed by atoms with Crippen molar-refractivity contribution in [3.05, 3.63) is 35.6 Å². The van der Waals surface area contributed by atoms with Crippen LogP contribution in [0.4, 0.5) is 4.39 Å². The highest BCUT2D eigenvalue weighted by Gasteiger charge is 2.25. The molecule has 6 heteroatoms. The Labute approximate surface area is 137 Å². The maximum atomic E-state index is 12.9. The summed E-state index contributed by atoms with van der Waals surface area (Å²) in [5.41, 5.74) is 6.76. The fraction of sp³-hybridized carbons (Fsp3) is 0.562. The first-order valence-electron chi connectivity index (χ1n) is 7.41. The Morgan fingerprint density at radius 3 is 2.68 bits per heavy atom. The first-order valence-corrected chi connectivity index (χ1v) is 7.41. The number of ether oxygens (including phenoxy) is 1. The summed E-state index contributed by atoms with van der Waals surface area (Å²) in [5.74, 6) is -0.248. The molecule has 0 saturated heterocycles. The third kappa shape index (κ3) is 5.23. The van der Waals surface area contributed by atoms with E-state index in [2.05, 4.69) is 5.32 Å². The molecule has 0 aromatic heterocycles. The Kier molecular flexibility index (Phi) is 7.79. The van der Waals surface area contributed by atoms with E-state index in [0.29, 0.717) is 6.54 Å². The van der Waals surface area contributed by atoms with Crippen LogP contribution in [0.15, 0.2) is 24.3 Å². The van der Waals surface area contributed by atoms with Gasteiger partial charge in [-0.3, -0.25) is 4.79 Å². The molecule has 0 bridgehead atoms. The van der Waals surface area contributed by atoms with E-state index in [0.717, 1.165) is 31.2 Å². The molecule has 3 atom stereocenters. The maximum Gasteiger partial charge on any atom is 0.223 e. The SMILES string of the molecule is COC(CNC(=O)C1CCCC(N)C1)c1ccc(F)cc1.Cl. The van der Waals surface area contributed by atoms with Gasteiger partial charge in [0.05, 0.1) is 6.10 Å². The summed E-state index contributed by atoms with van der Waals surface area (Å²) < 4.78 is 18.3. The monoisotopic (exact) mass is 330 g/mol. The number of methoxy groups -OCH3 is 1. The van der Waals surface area contributed by atoms with Crippen molar-refractivity contribution >= 4 is 18.3 Å². The molecule has 0 radical (unpaired) electrons. The zero-order valence-corrected chi connectivity index (χ0v) is 13.6. The van der Waals surface area contributed by atoms with Crippen LogP contribution in [0.3, 0.4) is 0 Å². The molecule has 1 aromatic rings. The minimum atomic E-state index is -0.283. The average molecular weight is 331 g/mol. The summed E-state index contributed by atoms with van der Waals surface area (Å²) >= 11 is 0. The van der Waals surface area contributed by atoms with Gasteiger partial charge in [0.25, 0.3) is 0 Å². The van der Waals surface area contributed by atoms with Crippen molar-refractivity contribution in [1.82, 2.24) is 5.32 Å². The molecule has 0 aliphatic heterocycles. The van der Waals surface area contributed by atoms with Crippen molar-refractivity contribution in [2.45, 2.75) is 37.8 Å². The van der Waals surface area contributed by atoms with Crippen molar-refractivity contribution < 1.29 is 13.9 Å². The fourth-order valence-electron chi connectivity index (χ4n) is 2.82. The van der Waals surface area contributed by atoms with Gasteiger partial charge >= 0.3 is 0 Å². The number of carbonyl (C=O) groups excluding carboxylic acids is 1. The first kappa shape index (κ1) is 18.9. The summed E-state index contributed by atoms with van der Waals surface area (Å²) in [7, 11) is 1.58. The van der Waals surface area contributed by atoms with Crippen LogP contribution in [0.25, 0.3) is 0 Å². The maximum absolute atomic E-state index is 12.9. The van der Waals surface area contributed by atoms with E-state index in [9.17, 15) is 9.18 Å². The topological polar surface area (TPSA) is 64.3 Å². The van der Waals surface area contributed by atoms with Gasteiger partial charge in [-0.15, -0.1) is 12.4 Å². The smallest absolute Gasteiger partial charge is 0.223 e. The van der Waals surface area contributed by atoms with Crippen LogP contribution in [0.1, 0.15) is 37.4 Å². The molecular formula is C16H24ClFN2O2. The van der Waals surface area contributed by atoms with Gasteiger partial charge < -0.3 is 15.8 Å². The molecule has 1 amide bonds. The van der Waals surface area contributed by atoms with Crippen LogP contribution < -0.4 is 11.1 Å². The number of rotatable bonds is 5. The van der Waals surface area contributed by atoms with Gasteiger partial charge in [0, 0.05) is 25.6 Å². The van der Waals surface area contributed by atoms with E-state index in [4.69, 9.17) is 10.5 Å². The molecule has 124 valence electrons. The summed E-state index contributed by atoms with van der Waals surface area (Å²) in [6.07, 6.45) is 3.38. The summed E-state index contributed by atoms with van der Waals surface area (Å²) in [6, 6.07) is 6.26. The fourth-order valence-corrected chi connectivity index (χ4v) is 2.82. The molecule has 0 spiro atoms. The molecule has 4 nitrogen and oxygen atoms in total. The lowest BCUT2D eigenvalue weighted by Gasteiger charge is -2.26. The van der Waals surface area contributed by atoms with Crippen LogP contribution >= 0.6 is 12.4 Å². The predicted octanol–water partition coefficient (Wildman–Crippen LogP) is 2.57. The highest BCUT2D eigenvalue weighted by molar-refractivity contribution is 5.85. The summed E-state index contributed by atoms with van der Waals surface area (Å²) in [4.78, 5) is 12.2. The van der Waals surface area contributed by atoms with Gasteiger partial charge in [-0.1, -0.05) is 18.6 Å². The van der Waals surface area contributed by atoms with Gasteiger partial charge in [0.15, 0.2) is 0 Å². The van der Waals surface area contributed by atoms with Crippen molar-refractivity contribution in [1.29, 1.82) is 0 Å². The van der Waals surface area contributed by atoms with E-state index < -0.39 is 0 Å². The number of nitrogens with one attached hydrogen (secondary N) is 1. The lowest BCUT2D eigenvalue weighted by Crippen LogP contribution is -2.39. The Hall–Kier alpha value is -1.17. The lowest BCUT2D eigenvalue weighted by molar-refractivity contribution is -0.126. The van der Waals surface area contributed by atoms with E-state index in [1.807, 2.05) is 0 Å². The van der Waals surface area contributed by atoms with Crippen molar-refractivity contribution in [2.75, 3.05) is 13.7 Å². The third-order valence-electron chi connectivity index (χ3n) is 4.07. The number of halogens is 2. The Morgan fingerprint density at radius 1 is 1.41 bits per heavy atom. The number of nitrogens with two attached hydrogens (primary N) is 1. The summed E-state index contributed by atoms with van der Waals surface area (Å²) in [5, 5.41) is 2.92. The number of hydrogen-bond donors (Lipinski definition) is 2. The highest BCUT2D eigenvalue weighted by atomic mass is 35.5. The quantitative estimate of drug-likeness (QED) is 0.872. The zero-order chi connectivity index (χ0) is 15.2. The van der Waals surface area contributed by atoms with Gasteiger partial charge in [0.1, 0.15) is 5.82 Å². The Balaban J connectivity index is 0.00000242. The predicted molar refractivity (Wildman–Crippen MR) is 86.3 cm³/mol.